The van der Waals surface area contributed by atoms with Crippen LogP contribution in [0.25, 0.3) is 0 Å². The minimum atomic E-state index is 0.334. The number of rotatable bonds is 2. The lowest BCUT2D eigenvalue weighted by Gasteiger charge is -2.24. The quantitative estimate of drug-likeness (QED) is 0.864. The highest BCUT2D eigenvalue weighted by Crippen LogP contribution is 2.39. The van der Waals surface area contributed by atoms with Gasteiger partial charge in [-0.05, 0) is 55.2 Å². The predicted octanol–water partition coefficient (Wildman–Crippen LogP) is 4.76. The minimum absolute atomic E-state index is 0.334. The maximum Gasteiger partial charge on any atom is 0.0991 e. The Balaban J connectivity index is 1.82. The third-order valence-corrected chi connectivity index (χ3v) is 4.78. The number of halogens is 1. The van der Waals surface area contributed by atoms with Crippen molar-refractivity contribution in [2.45, 2.75) is 25.3 Å². The zero-order valence-corrected chi connectivity index (χ0v) is 11.9. The molecular weight excluding hydrogens is 276 g/mol. The highest BCUT2D eigenvalue weighted by atomic mass is 35.5. The molecule has 2 aromatic rings. The summed E-state index contributed by atoms with van der Waals surface area (Å²) in [6.45, 7) is 0. The topological polar surface area (TPSA) is 35.8 Å². The van der Waals surface area contributed by atoms with Crippen molar-refractivity contribution in [3.05, 3.63) is 50.7 Å². The monoisotopic (exact) mass is 288 g/mol. The minimum Gasteiger partial charge on any atom is -0.378 e. The van der Waals surface area contributed by atoms with Crippen molar-refractivity contribution >= 4 is 28.6 Å². The molecule has 0 aliphatic heterocycles. The molecule has 3 rings (SSSR count). The van der Waals surface area contributed by atoms with Gasteiger partial charge in [-0.25, -0.2) is 0 Å². The molecule has 0 bridgehead atoms. The van der Waals surface area contributed by atoms with Crippen LogP contribution < -0.4 is 5.32 Å². The van der Waals surface area contributed by atoms with Crippen molar-refractivity contribution in [3.8, 4) is 6.07 Å². The SMILES string of the molecule is N#Cc1ccc(NC2CCCc3sc(Cl)cc32)cc1. The molecule has 1 aromatic heterocycles. The fourth-order valence-electron chi connectivity index (χ4n) is 2.51. The van der Waals surface area contributed by atoms with E-state index in [1.807, 2.05) is 24.3 Å². The first kappa shape index (κ1) is 12.5. The molecule has 1 aliphatic rings. The summed E-state index contributed by atoms with van der Waals surface area (Å²) in [5.74, 6) is 0. The van der Waals surface area contributed by atoms with Crippen LogP contribution in [-0.4, -0.2) is 0 Å². The largest absolute Gasteiger partial charge is 0.378 e. The molecule has 1 aliphatic carbocycles. The van der Waals surface area contributed by atoms with Crippen molar-refractivity contribution in [1.82, 2.24) is 0 Å². The fraction of sp³-hybridized carbons (Fsp3) is 0.267. The van der Waals surface area contributed by atoms with Gasteiger partial charge in [0.15, 0.2) is 0 Å². The maximum absolute atomic E-state index is 8.80. The molecular formula is C15H13ClN2S. The van der Waals surface area contributed by atoms with E-state index < -0.39 is 0 Å². The van der Waals surface area contributed by atoms with Crippen LogP contribution in [0.5, 0.6) is 0 Å². The van der Waals surface area contributed by atoms with Crippen LogP contribution in [0.15, 0.2) is 30.3 Å². The molecule has 0 fully saturated rings. The lowest BCUT2D eigenvalue weighted by atomic mass is 9.94. The Labute approximate surface area is 121 Å². The van der Waals surface area contributed by atoms with Gasteiger partial charge < -0.3 is 5.32 Å². The van der Waals surface area contributed by atoms with Crippen LogP contribution in [-0.2, 0) is 6.42 Å². The van der Waals surface area contributed by atoms with Gasteiger partial charge in [-0.2, -0.15) is 5.26 Å². The van der Waals surface area contributed by atoms with Crippen molar-refractivity contribution in [3.63, 3.8) is 0 Å². The number of benzene rings is 1. The third kappa shape index (κ3) is 2.60. The average molecular weight is 289 g/mol. The van der Waals surface area contributed by atoms with E-state index in [1.54, 1.807) is 11.3 Å². The van der Waals surface area contributed by atoms with Gasteiger partial charge in [-0.15, -0.1) is 11.3 Å². The lowest BCUT2D eigenvalue weighted by molar-refractivity contribution is 0.609. The van der Waals surface area contributed by atoms with Crippen LogP contribution in [0.4, 0.5) is 5.69 Å². The molecule has 19 heavy (non-hydrogen) atoms. The molecule has 4 heteroatoms. The van der Waals surface area contributed by atoms with Gasteiger partial charge in [0.25, 0.3) is 0 Å². The molecule has 1 unspecified atom stereocenters. The van der Waals surface area contributed by atoms with E-state index in [0.29, 0.717) is 11.6 Å². The van der Waals surface area contributed by atoms with E-state index in [0.717, 1.165) is 22.9 Å². The van der Waals surface area contributed by atoms with Gasteiger partial charge in [0.1, 0.15) is 0 Å². The summed E-state index contributed by atoms with van der Waals surface area (Å²) >= 11 is 7.81. The molecule has 0 saturated heterocycles. The first-order valence-corrected chi connectivity index (χ1v) is 7.50. The number of hydrogen-bond donors (Lipinski definition) is 1. The summed E-state index contributed by atoms with van der Waals surface area (Å²) in [6.07, 6.45) is 3.45. The average Bonchev–Trinajstić information content (AvgIpc) is 2.81. The normalized spacial score (nSPS) is 17.6. The van der Waals surface area contributed by atoms with Gasteiger partial charge in [0.2, 0.25) is 0 Å². The Morgan fingerprint density at radius 1 is 1.32 bits per heavy atom. The third-order valence-electron chi connectivity index (χ3n) is 3.44. The number of nitriles is 1. The van der Waals surface area contributed by atoms with E-state index in [-0.39, 0.29) is 0 Å². The number of thiophene rings is 1. The zero-order valence-electron chi connectivity index (χ0n) is 10.3. The van der Waals surface area contributed by atoms with Gasteiger partial charge in [0, 0.05) is 10.6 Å². The Morgan fingerprint density at radius 2 is 2.11 bits per heavy atom. The Bertz CT molecular complexity index is 625. The molecule has 1 heterocycles. The zero-order chi connectivity index (χ0) is 13.2. The van der Waals surface area contributed by atoms with E-state index in [1.165, 1.54) is 16.9 Å². The lowest BCUT2D eigenvalue weighted by Crippen LogP contribution is -2.15. The highest BCUT2D eigenvalue weighted by molar-refractivity contribution is 7.16. The number of nitrogens with one attached hydrogen (secondary N) is 1. The van der Waals surface area contributed by atoms with Crippen LogP contribution >= 0.6 is 22.9 Å². The van der Waals surface area contributed by atoms with E-state index in [9.17, 15) is 0 Å². The molecule has 1 atom stereocenters. The van der Waals surface area contributed by atoms with Crippen LogP contribution in [0.1, 0.15) is 34.9 Å². The molecule has 0 amide bonds. The number of anilines is 1. The molecule has 0 spiro atoms. The Hall–Kier alpha value is -1.50. The highest BCUT2D eigenvalue weighted by Gasteiger charge is 2.22. The van der Waals surface area contributed by atoms with Gasteiger partial charge >= 0.3 is 0 Å². The van der Waals surface area contributed by atoms with Crippen molar-refractivity contribution in [2.75, 3.05) is 5.32 Å². The smallest absolute Gasteiger partial charge is 0.0991 e. The summed E-state index contributed by atoms with van der Waals surface area (Å²) in [7, 11) is 0. The van der Waals surface area contributed by atoms with E-state index >= 15 is 0 Å². The second-order valence-corrected chi connectivity index (χ2v) is 6.48. The summed E-state index contributed by atoms with van der Waals surface area (Å²) in [6, 6.07) is 12.2. The van der Waals surface area contributed by atoms with Crippen LogP contribution in [0.2, 0.25) is 4.34 Å². The van der Waals surface area contributed by atoms with E-state index in [2.05, 4.69) is 17.5 Å². The molecule has 1 N–H and O–H groups in total. The van der Waals surface area contributed by atoms with Gasteiger partial charge in [-0.3, -0.25) is 0 Å². The summed E-state index contributed by atoms with van der Waals surface area (Å²) in [4.78, 5) is 1.40. The maximum atomic E-state index is 8.80. The van der Waals surface area contributed by atoms with Gasteiger partial charge in [0.05, 0.1) is 22.0 Å². The van der Waals surface area contributed by atoms with Crippen molar-refractivity contribution in [1.29, 1.82) is 5.26 Å². The van der Waals surface area contributed by atoms with Crippen LogP contribution in [0, 0.1) is 11.3 Å². The fourth-order valence-corrected chi connectivity index (χ4v) is 3.90. The first-order valence-electron chi connectivity index (χ1n) is 6.31. The standard InChI is InChI=1S/C15H13ClN2S/c16-15-8-12-13(2-1-3-14(12)19-15)18-11-6-4-10(9-17)5-7-11/h4-8,13,18H,1-3H2. The Kier molecular flexibility index (Phi) is 3.46. The summed E-state index contributed by atoms with van der Waals surface area (Å²) in [5.41, 5.74) is 3.08. The number of nitrogens with zero attached hydrogens (tertiary/aromatic N) is 1. The number of aryl methyl sites for hydroxylation is 1. The molecule has 96 valence electrons. The van der Waals surface area contributed by atoms with Crippen molar-refractivity contribution in [2.24, 2.45) is 0 Å². The van der Waals surface area contributed by atoms with Gasteiger partial charge in [-0.1, -0.05) is 11.6 Å². The van der Waals surface area contributed by atoms with Crippen LogP contribution in [0.3, 0.4) is 0 Å². The molecule has 1 aromatic carbocycles. The predicted molar refractivity (Wildman–Crippen MR) is 79.8 cm³/mol. The second kappa shape index (κ2) is 5.24. The molecule has 2 nitrogen and oxygen atoms in total. The Morgan fingerprint density at radius 3 is 2.84 bits per heavy atom. The molecule has 0 saturated carbocycles. The first-order chi connectivity index (χ1) is 9.26. The second-order valence-electron chi connectivity index (χ2n) is 4.71. The number of hydrogen-bond acceptors (Lipinski definition) is 3. The van der Waals surface area contributed by atoms with Crippen molar-refractivity contribution < 1.29 is 0 Å². The molecule has 0 radical (unpaired) electrons. The number of fused-ring (bicyclic) bond motifs is 1. The summed E-state index contributed by atoms with van der Waals surface area (Å²) < 4.78 is 0.874. The van der Waals surface area contributed by atoms with E-state index in [4.69, 9.17) is 16.9 Å². The summed E-state index contributed by atoms with van der Waals surface area (Å²) in [5, 5.41) is 12.3.